The maximum absolute atomic E-state index is 12.9. The molecule has 8 rings (SSSR count). The Morgan fingerprint density at radius 1 is 0.667 bits per heavy atom. The molecule has 0 aromatic heterocycles. The van der Waals surface area contributed by atoms with Gasteiger partial charge >= 0.3 is 6.16 Å². The summed E-state index contributed by atoms with van der Waals surface area (Å²) in [5.74, 6) is 1.64. The van der Waals surface area contributed by atoms with Gasteiger partial charge in [0.1, 0.15) is 42.5 Å². The summed E-state index contributed by atoms with van der Waals surface area (Å²) in [6, 6.07) is 14.6. The lowest BCUT2D eigenvalue weighted by Crippen LogP contribution is -2.69. The van der Waals surface area contributed by atoms with Crippen molar-refractivity contribution in [2.45, 2.75) is 203 Å². The standard InChI is InChI=1S/C50H73NO9/c52-34-41-42(53)43(54)44(55)45(60-41)59-40-24-23-36(35-57-46(56)58-38-21-9-2-10-22-38)33-39(40)51-50(31-17-6-18-32-50)49(29-15-5-16-30-49)48(27-13-4-14-28-48)47(25-11-3-12-26-47)37-19-7-1-8-20-37/h2,9-10,21-24,33,37,41-45,51-55H,1,3-8,11-20,25-32,34-35H2/t41?,42-,43?,44-,45+/m0/s1. The van der Waals surface area contributed by atoms with Crippen LogP contribution in [0.15, 0.2) is 48.5 Å². The predicted octanol–water partition coefficient (Wildman–Crippen LogP) is 10.1. The van der Waals surface area contributed by atoms with Gasteiger partial charge in [0.2, 0.25) is 6.29 Å². The van der Waals surface area contributed by atoms with Gasteiger partial charge < -0.3 is 44.7 Å². The van der Waals surface area contributed by atoms with Gasteiger partial charge in [0, 0.05) is 5.54 Å². The predicted molar refractivity (Wildman–Crippen MR) is 231 cm³/mol. The lowest BCUT2D eigenvalue weighted by molar-refractivity contribution is -0.277. The number of carbonyl (C=O) groups excluding carboxylic acids is 1. The quantitative estimate of drug-likeness (QED) is 0.103. The van der Waals surface area contributed by atoms with Crippen molar-refractivity contribution in [3.63, 3.8) is 0 Å². The molecule has 0 spiro atoms. The van der Waals surface area contributed by atoms with E-state index in [0.29, 0.717) is 16.9 Å². The zero-order chi connectivity index (χ0) is 41.6. The summed E-state index contributed by atoms with van der Waals surface area (Å²) in [6.07, 6.45) is 24.3. The molecule has 332 valence electrons. The Morgan fingerprint density at radius 3 is 1.88 bits per heavy atom. The Kier molecular flexibility index (Phi) is 14.0. The molecule has 5 saturated carbocycles. The third-order valence-electron chi connectivity index (χ3n) is 16.8. The van der Waals surface area contributed by atoms with Crippen molar-refractivity contribution in [2.24, 2.45) is 22.2 Å². The molecule has 6 aliphatic rings. The highest BCUT2D eigenvalue weighted by Gasteiger charge is 2.69. The number of hydrogen-bond acceptors (Lipinski definition) is 10. The number of ether oxygens (including phenoxy) is 4. The summed E-state index contributed by atoms with van der Waals surface area (Å²) in [4.78, 5) is 12.9. The van der Waals surface area contributed by atoms with Crippen LogP contribution in [0.25, 0.3) is 0 Å². The third kappa shape index (κ3) is 8.34. The number of para-hydroxylation sites is 1. The molecule has 5 atom stereocenters. The van der Waals surface area contributed by atoms with Gasteiger partial charge in [-0.05, 0) is 116 Å². The van der Waals surface area contributed by atoms with Crippen molar-refractivity contribution in [3.05, 3.63) is 54.1 Å². The van der Waals surface area contributed by atoms with E-state index in [-0.39, 0.29) is 23.0 Å². The van der Waals surface area contributed by atoms with Crippen molar-refractivity contribution < 1.29 is 44.2 Å². The van der Waals surface area contributed by atoms with E-state index in [9.17, 15) is 25.2 Å². The first kappa shape index (κ1) is 43.7. The van der Waals surface area contributed by atoms with Gasteiger partial charge in [0.05, 0.1) is 12.3 Å². The van der Waals surface area contributed by atoms with Gasteiger partial charge in [-0.3, -0.25) is 0 Å². The number of hydrogen-bond donors (Lipinski definition) is 5. The minimum absolute atomic E-state index is 0.0203. The van der Waals surface area contributed by atoms with Crippen LogP contribution in [0.4, 0.5) is 10.5 Å². The molecular weight excluding hydrogens is 759 g/mol. The van der Waals surface area contributed by atoms with E-state index in [1.807, 2.05) is 24.3 Å². The maximum Gasteiger partial charge on any atom is 0.514 e. The molecule has 0 bridgehead atoms. The molecule has 1 aliphatic heterocycles. The van der Waals surface area contributed by atoms with E-state index < -0.39 is 43.5 Å². The van der Waals surface area contributed by atoms with Gasteiger partial charge in [-0.1, -0.05) is 121 Å². The normalized spacial score (nSPS) is 30.4. The second-order valence-corrected chi connectivity index (χ2v) is 19.7. The molecule has 2 aromatic carbocycles. The van der Waals surface area contributed by atoms with Crippen LogP contribution >= 0.6 is 0 Å². The number of carbonyl (C=O) groups is 1. The molecule has 6 fully saturated rings. The van der Waals surface area contributed by atoms with E-state index in [1.165, 1.54) is 135 Å². The van der Waals surface area contributed by atoms with Crippen LogP contribution in [-0.4, -0.2) is 69.4 Å². The lowest BCUT2D eigenvalue weighted by atomic mass is 9.33. The van der Waals surface area contributed by atoms with Crippen LogP contribution in [0.5, 0.6) is 11.5 Å². The van der Waals surface area contributed by atoms with E-state index >= 15 is 0 Å². The summed E-state index contributed by atoms with van der Waals surface area (Å²) >= 11 is 0. The zero-order valence-electron chi connectivity index (χ0n) is 36.0. The Balaban J connectivity index is 1.22. The first-order valence-corrected chi connectivity index (χ1v) is 24.0. The maximum atomic E-state index is 12.9. The smallest absolute Gasteiger partial charge is 0.460 e. The Bertz CT molecular complexity index is 1670. The number of aliphatic hydroxyl groups is 4. The minimum atomic E-state index is -1.56. The molecule has 2 aromatic rings. The molecule has 0 radical (unpaired) electrons. The van der Waals surface area contributed by atoms with E-state index in [0.717, 1.165) is 42.9 Å². The van der Waals surface area contributed by atoms with Crippen molar-refractivity contribution in [1.82, 2.24) is 0 Å². The first-order valence-electron chi connectivity index (χ1n) is 24.0. The van der Waals surface area contributed by atoms with E-state index in [4.69, 9.17) is 18.9 Å². The first-order chi connectivity index (χ1) is 29.3. The van der Waals surface area contributed by atoms with Gasteiger partial charge in [0.25, 0.3) is 0 Å². The average molecular weight is 832 g/mol. The number of rotatable bonds is 12. The Hall–Kier alpha value is -2.89. The molecule has 2 unspecified atom stereocenters. The van der Waals surface area contributed by atoms with Crippen LogP contribution in [-0.2, 0) is 16.1 Å². The van der Waals surface area contributed by atoms with Gasteiger partial charge in [-0.2, -0.15) is 0 Å². The van der Waals surface area contributed by atoms with Crippen molar-refractivity contribution in [3.8, 4) is 11.5 Å². The molecule has 60 heavy (non-hydrogen) atoms. The third-order valence-corrected chi connectivity index (χ3v) is 16.8. The summed E-state index contributed by atoms with van der Waals surface area (Å²) in [7, 11) is 0. The van der Waals surface area contributed by atoms with E-state index in [2.05, 4.69) is 5.32 Å². The van der Waals surface area contributed by atoms with Crippen LogP contribution in [0.2, 0.25) is 0 Å². The molecule has 5 aliphatic carbocycles. The van der Waals surface area contributed by atoms with Crippen molar-refractivity contribution >= 4 is 11.8 Å². The Labute approximate surface area is 358 Å². The highest BCUT2D eigenvalue weighted by atomic mass is 16.7. The molecular formula is C50H73NO9. The average Bonchev–Trinajstić information content (AvgIpc) is 3.30. The van der Waals surface area contributed by atoms with Gasteiger partial charge in [-0.25, -0.2) is 4.79 Å². The summed E-state index contributed by atoms with van der Waals surface area (Å²) in [5.41, 5.74) is 1.87. The molecule has 5 N–H and O–H groups in total. The van der Waals surface area contributed by atoms with E-state index in [1.54, 1.807) is 24.3 Å². The second-order valence-electron chi connectivity index (χ2n) is 19.7. The monoisotopic (exact) mass is 832 g/mol. The zero-order valence-corrected chi connectivity index (χ0v) is 36.0. The number of nitrogens with one attached hydrogen (secondary N) is 1. The van der Waals surface area contributed by atoms with Crippen LogP contribution in [0, 0.1) is 22.2 Å². The number of aliphatic hydroxyl groups excluding tert-OH is 4. The van der Waals surface area contributed by atoms with Crippen LogP contribution < -0.4 is 14.8 Å². The Morgan fingerprint density at radius 2 is 1.25 bits per heavy atom. The molecule has 1 heterocycles. The molecule has 0 amide bonds. The molecule has 10 nitrogen and oxygen atoms in total. The number of benzene rings is 2. The lowest BCUT2D eigenvalue weighted by Gasteiger charge is -2.72. The fourth-order valence-electron chi connectivity index (χ4n) is 14.3. The SMILES string of the molecule is O=C(OCc1ccc(O[C@@H]2OC(CO)[C@H](O)C(O)[C@@H]2O)c(NC2(C3(C4(C5(C6CCCCC6)CCCCC5)CCCCC4)CCCCC3)CCCCC2)c1)Oc1ccccc1. The van der Waals surface area contributed by atoms with Crippen molar-refractivity contribution in [2.75, 3.05) is 11.9 Å². The number of anilines is 1. The second kappa shape index (κ2) is 19.2. The summed E-state index contributed by atoms with van der Waals surface area (Å²) in [5, 5.41) is 47.0. The summed E-state index contributed by atoms with van der Waals surface area (Å²) < 4.78 is 23.6. The van der Waals surface area contributed by atoms with Crippen LogP contribution in [0.3, 0.4) is 0 Å². The topological polar surface area (TPSA) is 147 Å². The largest absolute Gasteiger partial charge is 0.514 e. The molecule has 10 heteroatoms. The molecule has 1 saturated heterocycles. The fraction of sp³-hybridized carbons (Fsp3) is 0.740. The highest BCUT2D eigenvalue weighted by molar-refractivity contribution is 5.64. The van der Waals surface area contributed by atoms with Crippen LogP contribution in [0.1, 0.15) is 166 Å². The summed E-state index contributed by atoms with van der Waals surface area (Å²) in [6.45, 7) is -0.560. The van der Waals surface area contributed by atoms with Gasteiger partial charge in [-0.15, -0.1) is 0 Å². The van der Waals surface area contributed by atoms with Gasteiger partial charge in [0.15, 0.2) is 0 Å². The van der Waals surface area contributed by atoms with Crippen molar-refractivity contribution in [1.29, 1.82) is 0 Å². The highest BCUT2D eigenvalue weighted by Crippen LogP contribution is 2.75. The minimum Gasteiger partial charge on any atom is -0.460 e. The fourth-order valence-corrected chi connectivity index (χ4v) is 14.3.